The maximum absolute atomic E-state index is 12.3. The Morgan fingerprint density at radius 3 is 2.48 bits per heavy atom. The third kappa shape index (κ3) is 5.33. The number of aliphatic hydroxyl groups is 1. The van der Waals surface area contributed by atoms with Crippen LogP contribution in [-0.2, 0) is 21.2 Å². The Balaban J connectivity index is 2.84. The Morgan fingerprint density at radius 1 is 1.43 bits per heavy atom. The van der Waals surface area contributed by atoms with E-state index in [1.54, 1.807) is 12.1 Å². The second-order valence-corrected chi connectivity index (χ2v) is 7.25. The quantitative estimate of drug-likeness (QED) is 0.658. The number of nitrogens with zero attached hydrogens (tertiary/aromatic N) is 1. The number of benzene rings is 1. The van der Waals surface area contributed by atoms with Gasteiger partial charge in [0.05, 0.1) is 22.6 Å². The van der Waals surface area contributed by atoms with E-state index in [1.165, 1.54) is 26.3 Å². The van der Waals surface area contributed by atoms with Gasteiger partial charge in [-0.3, -0.25) is 0 Å². The zero-order valence-electron chi connectivity index (χ0n) is 12.0. The fourth-order valence-electron chi connectivity index (χ4n) is 1.80. The van der Waals surface area contributed by atoms with Crippen LogP contribution < -0.4 is 5.73 Å². The molecule has 0 spiro atoms. The fraction of sp³-hybridized carbons (Fsp3) is 0.462. The van der Waals surface area contributed by atoms with Crippen molar-refractivity contribution >= 4 is 27.2 Å². The second kappa shape index (κ2) is 7.81. The van der Waals surface area contributed by atoms with Crippen molar-refractivity contribution in [1.82, 2.24) is 4.31 Å². The first kappa shape index (κ1) is 18.0. The summed E-state index contributed by atoms with van der Waals surface area (Å²) in [5.74, 6) is 0. The minimum atomic E-state index is -3.64. The molecule has 1 atom stereocenters. The average Bonchev–Trinajstić information content (AvgIpc) is 2.38. The van der Waals surface area contributed by atoms with Gasteiger partial charge in [0.25, 0.3) is 0 Å². The molecule has 1 unspecified atom stereocenters. The molecule has 3 N–H and O–H groups in total. The Morgan fingerprint density at radius 2 is 2.00 bits per heavy atom. The number of hydrogen-bond acceptors (Lipinski definition) is 5. The Kier molecular flexibility index (Phi) is 6.69. The van der Waals surface area contributed by atoms with E-state index in [2.05, 4.69) is 0 Å². The van der Waals surface area contributed by atoms with Gasteiger partial charge in [-0.2, -0.15) is 4.31 Å². The monoisotopic (exact) mass is 332 g/mol. The highest BCUT2D eigenvalue weighted by Gasteiger charge is 2.22. The number of methoxy groups -OCH3 is 1. The largest absolute Gasteiger partial charge is 0.393 e. The lowest BCUT2D eigenvalue weighted by Gasteiger charge is -2.20. The van der Waals surface area contributed by atoms with E-state index in [-0.39, 0.29) is 18.0 Å². The molecule has 1 aromatic carbocycles. The van der Waals surface area contributed by atoms with Crippen LogP contribution in [0.25, 0.3) is 0 Å². The number of aliphatic hydroxyl groups excluding tert-OH is 1. The minimum absolute atomic E-state index is 0.0369. The maximum Gasteiger partial charge on any atom is 0.242 e. The maximum atomic E-state index is 12.3. The molecule has 0 amide bonds. The van der Waals surface area contributed by atoms with Crippen LogP contribution in [0.5, 0.6) is 0 Å². The highest BCUT2D eigenvalue weighted by Crippen LogP contribution is 2.16. The second-order valence-electron chi connectivity index (χ2n) is 4.68. The van der Waals surface area contributed by atoms with Crippen molar-refractivity contribution in [2.24, 2.45) is 5.73 Å². The molecule has 0 heterocycles. The van der Waals surface area contributed by atoms with Gasteiger partial charge < -0.3 is 15.6 Å². The van der Waals surface area contributed by atoms with E-state index in [0.717, 1.165) is 9.87 Å². The third-order valence-corrected chi connectivity index (χ3v) is 4.82. The molecule has 0 radical (unpaired) electrons. The molecule has 0 aliphatic rings. The van der Waals surface area contributed by atoms with E-state index >= 15 is 0 Å². The summed E-state index contributed by atoms with van der Waals surface area (Å²) in [5.41, 5.74) is 6.30. The van der Waals surface area contributed by atoms with Crippen molar-refractivity contribution < 1.29 is 18.3 Å². The highest BCUT2D eigenvalue weighted by molar-refractivity contribution is 7.89. The number of hydrogen-bond donors (Lipinski definition) is 2. The van der Waals surface area contributed by atoms with Crippen LogP contribution in [0.2, 0.25) is 0 Å². The fourth-order valence-corrected chi connectivity index (χ4v) is 3.18. The zero-order chi connectivity index (χ0) is 16.0. The first-order chi connectivity index (χ1) is 9.77. The summed E-state index contributed by atoms with van der Waals surface area (Å²) >= 11 is 4.81. The lowest BCUT2D eigenvalue weighted by atomic mass is 10.1. The van der Waals surface area contributed by atoms with Crippen LogP contribution in [0.4, 0.5) is 0 Å². The topological polar surface area (TPSA) is 92.9 Å². The molecule has 118 valence electrons. The summed E-state index contributed by atoms with van der Waals surface area (Å²) in [6, 6.07) is 6.35. The molecule has 0 aromatic heterocycles. The van der Waals surface area contributed by atoms with Gasteiger partial charge in [0.15, 0.2) is 0 Å². The summed E-state index contributed by atoms with van der Waals surface area (Å²) in [6.07, 6.45) is -0.443. The molecule has 0 fully saturated rings. The summed E-state index contributed by atoms with van der Waals surface area (Å²) in [5, 5.41) is 9.61. The van der Waals surface area contributed by atoms with Crippen molar-refractivity contribution in [3.05, 3.63) is 29.8 Å². The van der Waals surface area contributed by atoms with Crippen LogP contribution in [0.1, 0.15) is 5.56 Å². The van der Waals surface area contributed by atoms with Crippen LogP contribution in [0, 0.1) is 0 Å². The first-order valence-corrected chi connectivity index (χ1v) is 8.12. The predicted molar refractivity (Wildman–Crippen MR) is 84.6 cm³/mol. The number of nitrogens with two attached hydrogens (primary N) is 1. The van der Waals surface area contributed by atoms with Crippen LogP contribution in [0.15, 0.2) is 29.2 Å². The SMILES string of the molecule is COCC(O)CN(C)S(=O)(=O)c1ccc(CC(N)=S)cc1. The van der Waals surface area contributed by atoms with Crippen LogP contribution in [0.3, 0.4) is 0 Å². The van der Waals surface area contributed by atoms with Gasteiger partial charge in [-0.1, -0.05) is 24.4 Å². The van der Waals surface area contributed by atoms with Crippen LogP contribution >= 0.6 is 12.2 Å². The Labute approximate surface area is 130 Å². The predicted octanol–water partition coefficient (Wildman–Crippen LogP) is 0.143. The molecular weight excluding hydrogens is 312 g/mol. The number of likely N-dealkylation sites (N-methyl/N-ethyl adjacent to an activating group) is 1. The van der Waals surface area contributed by atoms with E-state index < -0.39 is 16.1 Å². The van der Waals surface area contributed by atoms with E-state index in [0.29, 0.717) is 11.4 Å². The lowest BCUT2D eigenvalue weighted by Crippen LogP contribution is -2.36. The Bertz CT molecular complexity index is 572. The summed E-state index contributed by atoms with van der Waals surface area (Å²) in [4.78, 5) is 0.506. The van der Waals surface area contributed by atoms with Gasteiger partial charge in [-0.15, -0.1) is 0 Å². The normalized spacial score (nSPS) is 13.3. The van der Waals surface area contributed by atoms with Gasteiger partial charge in [0.1, 0.15) is 0 Å². The number of sulfonamides is 1. The van der Waals surface area contributed by atoms with Crippen molar-refractivity contribution in [3.8, 4) is 0 Å². The van der Waals surface area contributed by atoms with Crippen LogP contribution in [-0.4, -0.2) is 56.2 Å². The van der Waals surface area contributed by atoms with Crippen molar-refractivity contribution in [2.45, 2.75) is 17.4 Å². The lowest BCUT2D eigenvalue weighted by molar-refractivity contribution is 0.0554. The molecular formula is C13H20N2O4S2. The number of thiocarbonyl (C=S) groups is 1. The first-order valence-electron chi connectivity index (χ1n) is 6.28. The summed E-state index contributed by atoms with van der Waals surface area (Å²) in [7, 11) is -0.787. The van der Waals surface area contributed by atoms with Crippen molar-refractivity contribution in [1.29, 1.82) is 0 Å². The average molecular weight is 332 g/mol. The molecule has 0 saturated heterocycles. The van der Waals surface area contributed by atoms with Gasteiger partial charge in [-0.05, 0) is 17.7 Å². The summed E-state index contributed by atoms with van der Waals surface area (Å²) < 4.78 is 30.5. The van der Waals surface area contributed by atoms with E-state index in [1.807, 2.05) is 0 Å². The minimum Gasteiger partial charge on any atom is -0.393 e. The molecule has 6 nitrogen and oxygen atoms in total. The Hall–Kier alpha value is -1.06. The molecule has 21 heavy (non-hydrogen) atoms. The third-order valence-electron chi connectivity index (χ3n) is 2.84. The molecule has 1 aromatic rings. The van der Waals surface area contributed by atoms with Gasteiger partial charge in [-0.25, -0.2) is 8.42 Å². The molecule has 0 aliphatic carbocycles. The molecule has 0 bridgehead atoms. The number of rotatable bonds is 8. The van der Waals surface area contributed by atoms with Gasteiger partial charge in [0, 0.05) is 27.1 Å². The van der Waals surface area contributed by atoms with Gasteiger partial charge in [0.2, 0.25) is 10.0 Å². The van der Waals surface area contributed by atoms with Gasteiger partial charge >= 0.3 is 0 Å². The van der Waals surface area contributed by atoms with E-state index in [4.69, 9.17) is 22.7 Å². The zero-order valence-corrected chi connectivity index (χ0v) is 13.7. The van der Waals surface area contributed by atoms with Crippen molar-refractivity contribution in [3.63, 3.8) is 0 Å². The standard InChI is InChI=1S/C13H20N2O4S2/c1-15(8-11(16)9-19-2)21(17,18)12-5-3-10(4-6-12)7-13(14)20/h3-6,11,16H,7-9H2,1-2H3,(H2,14,20). The molecule has 0 aliphatic heterocycles. The summed E-state index contributed by atoms with van der Waals surface area (Å²) in [6.45, 7) is 0.0392. The number of ether oxygens (including phenoxy) is 1. The molecule has 8 heteroatoms. The van der Waals surface area contributed by atoms with Crippen molar-refractivity contribution in [2.75, 3.05) is 27.3 Å². The van der Waals surface area contributed by atoms with E-state index in [9.17, 15) is 13.5 Å². The molecule has 1 rings (SSSR count). The highest BCUT2D eigenvalue weighted by atomic mass is 32.2. The smallest absolute Gasteiger partial charge is 0.242 e. The molecule has 0 saturated carbocycles.